The van der Waals surface area contributed by atoms with Gasteiger partial charge >= 0.3 is 0 Å². The van der Waals surface area contributed by atoms with Crippen molar-refractivity contribution in [3.05, 3.63) is 323 Å². The molecule has 0 spiro atoms. The van der Waals surface area contributed by atoms with E-state index in [0.29, 0.717) is 11.6 Å². The van der Waals surface area contributed by atoms with E-state index in [-0.39, 0.29) is 22.7 Å². The van der Waals surface area contributed by atoms with Gasteiger partial charge in [-0.2, -0.15) is 0 Å². The molecule has 0 fully saturated rings. The summed E-state index contributed by atoms with van der Waals surface area (Å²) in [5.74, 6) is 1.47. The van der Waals surface area contributed by atoms with E-state index in [1.54, 1.807) is 0 Å². The summed E-state index contributed by atoms with van der Waals surface area (Å²) in [5, 5.41) is 0. The standard InChI is InChI=1S/C82H58N4/c1-81(2)67-35-15-13-31-63(67)77-57(33-19-37-69(77)81)51-25-17-27-53(43-51)71-47-73(85-79(83-71)49-21-7-5-8-22-49)55-39-41-61-65(45-55)75-59-29-11-12-30-60(59)76(61)66-46-56(40-42-62(66)75)74-48-72(84-80(86-74)50-23-9-6-10-24-50)54-28-18-26-52(44-54)58-34-20-38-70-78(58)64-32-14-16-36-68(64)82(70,3)4/h5-48,75-76H,1-4H3. The van der Waals surface area contributed by atoms with E-state index in [0.717, 1.165) is 56.2 Å². The van der Waals surface area contributed by atoms with E-state index in [4.69, 9.17) is 19.9 Å². The Balaban J connectivity index is 0.761. The zero-order chi connectivity index (χ0) is 57.4. The summed E-state index contributed by atoms with van der Waals surface area (Å²) in [6, 6.07) is 97.7. The highest BCUT2D eigenvalue weighted by Crippen LogP contribution is 2.58. The van der Waals surface area contributed by atoms with Crippen LogP contribution in [0.3, 0.4) is 0 Å². The van der Waals surface area contributed by atoms with Crippen molar-refractivity contribution in [2.45, 2.75) is 50.4 Å². The van der Waals surface area contributed by atoms with Crippen molar-refractivity contribution in [1.82, 2.24) is 19.9 Å². The van der Waals surface area contributed by atoms with Crippen molar-refractivity contribution < 1.29 is 0 Å². The van der Waals surface area contributed by atoms with Crippen molar-refractivity contribution in [3.8, 4) is 112 Å². The van der Waals surface area contributed by atoms with Crippen LogP contribution in [0.2, 0.25) is 0 Å². The van der Waals surface area contributed by atoms with Gasteiger partial charge in [-0.05, 0) is 137 Å². The minimum Gasteiger partial charge on any atom is -0.228 e. The first kappa shape index (κ1) is 50.1. The number of hydrogen-bond acceptors (Lipinski definition) is 4. The van der Waals surface area contributed by atoms with E-state index in [1.807, 2.05) is 0 Å². The minimum absolute atomic E-state index is 0.0325. The lowest BCUT2D eigenvalue weighted by Crippen LogP contribution is -2.27. The molecule has 2 heterocycles. The fourth-order valence-corrected chi connectivity index (χ4v) is 15.1. The molecule has 18 rings (SSSR count). The summed E-state index contributed by atoms with van der Waals surface area (Å²) < 4.78 is 0. The molecule has 5 aliphatic carbocycles. The maximum absolute atomic E-state index is 5.39. The van der Waals surface area contributed by atoms with Gasteiger partial charge < -0.3 is 0 Å². The van der Waals surface area contributed by atoms with Crippen LogP contribution in [0, 0.1) is 0 Å². The summed E-state index contributed by atoms with van der Waals surface area (Å²) >= 11 is 0. The molecule has 0 N–H and O–H groups in total. The molecule has 4 nitrogen and oxygen atoms in total. The van der Waals surface area contributed by atoms with Gasteiger partial charge in [-0.25, -0.2) is 19.9 Å². The van der Waals surface area contributed by atoms with Gasteiger partial charge in [-0.15, -0.1) is 0 Å². The second-order valence-corrected chi connectivity index (χ2v) is 24.8. The van der Waals surface area contributed by atoms with Crippen molar-refractivity contribution in [1.29, 1.82) is 0 Å². The van der Waals surface area contributed by atoms with Crippen LogP contribution in [0.15, 0.2) is 267 Å². The molecule has 0 aliphatic heterocycles. The quantitative estimate of drug-likeness (QED) is 0.152. The Morgan fingerprint density at radius 3 is 0.977 bits per heavy atom. The van der Waals surface area contributed by atoms with E-state index < -0.39 is 0 Å². The Morgan fingerprint density at radius 2 is 0.547 bits per heavy atom. The minimum atomic E-state index is -0.0891. The second-order valence-electron chi connectivity index (χ2n) is 24.8. The van der Waals surface area contributed by atoms with Gasteiger partial charge in [0.25, 0.3) is 0 Å². The van der Waals surface area contributed by atoms with Crippen LogP contribution in [-0.4, -0.2) is 19.9 Å². The monoisotopic (exact) mass is 1100 g/mol. The van der Waals surface area contributed by atoms with Crippen LogP contribution >= 0.6 is 0 Å². The molecule has 2 atom stereocenters. The fraction of sp³-hybridized carbons (Fsp3) is 0.0976. The van der Waals surface area contributed by atoms with Gasteiger partial charge in [0.2, 0.25) is 0 Å². The smallest absolute Gasteiger partial charge is 0.160 e. The van der Waals surface area contributed by atoms with Crippen molar-refractivity contribution in [3.63, 3.8) is 0 Å². The molecule has 0 radical (unpaired) electrons. The maximum Gasteiger partial charge on any atom is 0.160 e. The third-order valence-corrected chi connectivity index (χ3v) is 19.3. The summed E-state index contributed by atoms with van der Waals surface area (Å²) in [6.07, 6.45) is 0. The molecule has 2 aromatic heterocycles. The van der Waals surface area contributed by atoms with Gasteiger partial charge in [0.1, 0.15) is 0 Å². The number of nitrogens with zero attached hydrogens (tertiary/aromatic N) is 4. The van der Waals surface area contributed by atoms with Gasteiger partial charge in [0.15, 0.2) is 11.6 Å². The molecule has 406 valence electrons. The van der Waals surface area contributed by atoms with E-state index >= 15 is 0 Å². The summed E-state index contributed by atoms with van der Waals surface area (Å²) in [6.45, 7) is 9.38. The SMILES string of the molecule is CC1(C)c2ccccc2-c2c(-c3cccc(-c4cc(-c5ccc6c(c5)C5c7ccccc7C6c6cc(-c7cc(-c8cccc(-c9cccc%10c9-c9ccccc9C%10(C)C)c8)nc(-c8ccccc8)n7)ccc65)nc(-c5ccccc5)n4)c3)cccc21. The van der Waals surface area contributed by atoms with Gasteiger partial charge in [0, 0.05) is 56.0 Å². The lowest BCUT2D eigenvalue weighted by atomic mass is 9.60. The molecule has 0 saturated carbocycles. The molecule has 2 unspecified atom stereocenters. The number of hydrogen-bond donors (Lipinski definition) is 0. The first-order chi connectivity index (χ1) is 42.1. The highest BCUT2D eigenvalue weighted by Gasteiger charge is 2.42. The van der Waals surface area contributed by atoms with Crippen LogP contribution in [0.5, 0.6) is 0 Å². The highest BCUT2D eigenvalue weighted by atomic mass is 14.9. The number of benzene rings is 11. The molecule has 0 amide bonds. The molecular weight excluding hydrogens is 1040 g/mol. The summed E-state index contributed by atoms with van der Waals surface area (Å²) in [7, 11) is 0. The Kier molecular flexibility index (Phi) is 11.1. The number of aromatic nitrogens is 4. The summed E-state index contributed by atoms with van der Waals surface area (Å²) in [4.78, 5) is 21.5. The zero-order valence-electron chi connectivity index (χ0n) is 48.3. The van der Waals surface area contributed by atoms with Crippen molar-refractivity contribution >= 4 is 0 Å². The first-order valence-corrected chi connectivity index (χ1v) is 30.1. The highest BCUT2D eigenvalue weighted by molar-refractivity contribution is 5.95. The third kappa shape index (κ3) is 7.69. The predicted molar refractivity (Wildman–Crippen MR) is 351 cm³/mol. The van der Waals surface area contributed by atoms with Gasteiger partial charge in [-0.3, -0.25) is 0 Å². The largest absolute Gasteiger partial charge is 0.228 e. The molecular formula is C82H58N4. The fourth-order valence-electron chi connectivity index (χ4n) is 15.1. The predicted octanol–water partition coefficient (Wildman–Crippen LogP) is 20.2. The summed E-state index contributed by atoms with van der Waals surface area (Å²) in [5.41, 5.74) is 33.1. The number of fused-ring (bicyclic) bond motifs is 6. The maximum atomic E-state index is 5.39. The molecule has 13 aromatic rings. The molecule has 86 heavy (non-hydrogen) atoms. The van der Waals surface area contributed by atoms with Gasteiger partial charge in [0.05, 0.1) is 22.8 Å². The van der Waals surface area contributed by atoms with Crippen LogP contribution in [-0.2, 0) is 10.8 Å². The van der Waals surface area contributed by atoms with E-state index in [1.165, 1.54) is 100 Å². The zero-order valence-corrected chi connectivity index (χ0v) is 48.3. The molecule has 5 aliphatic rings. The normalized spacial score (nSPS) is 15.6. The van der Waals surface area contributed by atoms with Crippen LogP contribution in [0.4, 0.5) is 0 Å². The van der Waals surface area contributed by atoms with Crippen LogP contribution < -0.4 is 0 Å². The van der Waals surface area contributed by atoms with Crippen LogP contribution in [0.1, 0.15) is 95.2 Å². The van der Waals surface area contributed by atoms with E-state index in [9.17, 15) is 0 Å². The second kappa shape index (κ2) is 19.1. The third-order valence-electron chi connectivity index (χ3n) is 19.3. The van der Waals surface area contributed by atoms with Crippen molar-refractivity contribution in [2.75, 3.05) is 0 Å². The Bertz CT molecular complexity index is 4640. The number of rotatable bonds is 8. The molecule has 2 bridgehead atoms. The van der Waals surface area contributed by atoms with E-state index in [2.05, 4.69) is 295 Å². The topological polar surface area (TPSA) is 51.6 Å². The van der Waals surface area contributed by atoms with Crippen molar-refractivity contribution in [2.24, 2.45) is 0 Å². The Hall–Kier alpha value is -10.4. The average Bonchev–Trinajstić information content (AvgIpc) is 0.989. The average molecular weight is 1100 g/mol. The van der Waals surface area contributed by atoms with Crippen LogP contribution in [0.25, 0.3) is 112 Å². The lowest BCUT2D eigenvalue weighted by Gasteiger charge is -2.42. The molecule has 11 aromatic carbocycles. The Morgan fingerprint density at radius 1 is 0.233 bits per heavy atom. The Labute approximate surface area is 502 Å². The molecule has 4 heteroatoms. The molecule has 0 saturated heterocycles. The lowest BCUT2D eigenvalue weighted by molar-refractivity contribution is 0.660. The first-order valence-electron chi connectivity index (χ1n) is 30.1. The van der Waals surface area contributed by atoms with Gasteiger partial charge in [-0.1, -0.05) is 258 Å².